The lowest BCUT2D eigenvalue weighted by molar-refractivity contribution is -0.122. The number of nitrogens with zero attached hydrogens (tertiary/aromatic N) is 2. The predicted octanol–water partition coefficient (Wildman–Crippen LogP) is 1.83. The molecule has 0 saturated heterocycles. The number of aryl methyl sites for hydroxylation is 1. The number of hydrogen-bond acceptors (Lipinski definition) is 2. The Labute approximate surface area is 97.1 Å². The molecule has 0 aliphatic rings. The van der Waals surface area contributed by atoms with Crippen LogP contribution >= 0.6 is 0 Å². The maximum absolute atomic E-state index is 11.5. The smallest absolute Gasteiger partial charge is 0.220 e. The first-order valence-electron chi connectivity index (χ1n) is 5.70. The van der Waals surface area contributed by atoms with Gasteiger partial charge in [-0.15, -0.1) is 0 Å². The zero-order chi connectivity index (χ0) is 12.0. The lowest BCUT2D eigenvalue weighted by Crippen LogP contribution is -2.28. The van der Waals surface area contributed by atoms with Crippen LogP contribution in [-0.4, -0.2) is 22.0 Å². The normalized spacial score (nSPS) is 11.4. The molecule has 0 radical (unpaired) electrons. The summed E-state index contributed by atoms with van der Waals surface area (Å²) in [6, 6.07) is 0. The van der Waals surface area contributed by atoms with Crippen LogP contribution in [0.1, 0.15) is 33.6 Å². The number of carbonyl (C=O) groups excluding carboxylic acids is 1. The first kappa shape index (κ1) is 12.7. The fourth-order valence-corrected chi connectivity index (χ4v) is 1.45. The molecule has 0 spiro atoms. The molecule has 0 bridgehead atoms. The van der Waals surface area contributed by atoms with Gasteiger partial charge in [0.2, 0.25) is 5.91 Å². The first-order valence-corrected chi connectivity index (χ1v) is 5.70. The molecule has 1 heterocycles. The van der Waals surface area contributed by atoms with E-state index >= 15 is 0 Å². The van der Waals surface area contributed by atoms with E-state index in [0.717, 1.165) is 19.5 Å². The molecule has 0 aromatic carbocycles. The summed E-state index contributed by atoms with van der Waals surface area (Å²) < 4.78 is 2.01. The Morgan fingerprint density at radius 1 is 1.44 bits per heavy atom. The van der Waals surface area contributed by atoms with Gasteiger partial charge in [0, 0.05) is 31.9 Å². The zero-order valence-electron chi connectivity index (χ0n) is 10.4. The summed E-state index contributed by atoms with van der Waals surface area (Å²) in [6.45, 7) is 7.83. The van der Waals surface area contributed by atoms with Crippen LogP contribution in [0.4, 0.5) is 0 Å². The maximum Gasteiger partial charge on any atom is 0.220 e. The maximum atomic E-state index is 11.5. The molecule has 16 heavy (non-hydrogen) atoms. The van der Waals surface area contributed by atoms with Crippen LogP contribution in [0, 0.1) is 5.41 Å². The number of rotatable bonds is 5. The molecular weight excluding hydrogens is 202 g/mol. The summed E-state index contributed by atoms with van der Waals surface area (Å²) in [6.07, 6.45) is 7.00. The molecule has 0 aliphatic carbocycles. The molecule has 0 atom stereocenters. The molecule has 1 N–H and O–H groups in total. The van der Waals surface area contributed by atoms with Crippen molar-refractivity contribution in [3.63, 3.8) is 0 Å². The van der Waals surface area contributed by atoms with Crippen molar-refractivity contribution in [3.05, 3.63) is 18.7 Å². The second-order valence-corrected chi connectivity index (χ2v) is 5.24. The number of carbonyl (C=O) groups is 1. The van der Waals surface area contributed by atoms with Crippen molar-refractivity contribution in [2.45, 2.75) is 40.2 Å². The number of amides is 1. The molecule has 90 valence electrons. The van der Waals surface area contributed by atoms with Gasteiger partial charge in [0.05, 0.1) is 6.33 Å². The molecule has 0 saturated carbocycles. The molecule has 1 aromatic rings. The first-order chi connectivity index (χ1) is 7.47. The van der Waals surface area contributed by atoms with Crippen molar-refractivity contribution < 1.29 is 4.79 Å². The summed E-state index contributed by atoms with van der Waals surface area (Å²) >= 11 is 0. The summed E-state index contributed by atoms with van der Waals surface area (Å²) in [7, 11) is 0. The van der Waals surface area contributed by atoms with Crippen LogP contribution in [0.3, 0.4) is 0 Å². The van der Waals surface area contributed by atoms with Crippen molar-refractivity contribution >= 4 is 5.91 Å². The minimum atomic E-state index is 0.0639. The van der Waals surface area contributed by atoms with Gasteiger partial charge in [-0.3, -0.25) is 4.79 Å². The second kappa shape index (κ2) is 5.68. The fraction of sp³-hybridized carbons (Fsp3) is 0.667. The zero-order valence-corrected chi connectivity index (χ0v) is 10.4. The summed E-state index contributed by atoms with van der Waals surface area (Å²) in [5.74, 6) is 0.137. The molecule has 1 amide bonds. The minimum absolute atomic E-state index is 0.0639. The van der Waals surface area contributed by atoms with Gasteiger partial charge < -0.3 is 9.88 Å². The van der Waals surface area contributed by atoms with E-state index in [4.69, 9.17) is 0 Å². The van der Waals surface area contributed by atoms with E-state index in [1.54, 1.807) is 12.5 Å². The van der Waals surface area contributed by atoms with Crippen LogP contribution in [0.15, 0.2) is 18.7 Å². The third kappa shape index (κ3) is 5.53. The van der Waals surface area contributed by atoms with Crippen LogP contribution < -0.4 is 5.32 Å². The monoisotopic (exact) mass is 223 g/mol. The highest BCUT2D eigenvalue weighted by Gasteiger charge is 2.14. The molecular formula is C12H21N3O. The van der Waals surface area contributed by atoms with Crippen molar-refractivity contribution in [2.75, 3.05) is 6.54 Å². The fourth-order valence-electron chi connectivity index (χ4n) is 1.45. The Balaban J connectivity index is 2.09. The van der Waals surface area contributed by atoms with E-state index in [9.17, 15) is 4.79 Å². The number of aromatic nitrogens is 2. The SMILES string of the molecule is CC(C)(C)CC(=O)NCCCn1ccnc1. The van der Waals surface area contributed by atoms with Crippen molar-refractivity contribution in [3.8, 4) is 0 Å². The lowest BCUT2D eigenvalue weighted by Gasteiger charge is -2.17. The predicted molar refractivity (Wildman–Crippen MR) is 63.9 cm³/mol. The third-order valence-corrected chi connectivity index (χ3v) is 2.17. The van der Waals surface area contributed by atoms with E-state index < -0.39 is 0 Å². The molecule has 0 aliphatic heterocycles. The van der Waals surface area contributed by atoms with Crippen molar-refractivity contribution in [1.82, 2.24) is 14.9 Å². The van der Waals surface area contributed by atoms with Gasteiger partial charge in [-0.05, 0) is 11.8 Å². The molecule has 4 heteroatoms. The van der Waals surface area contributed by atoms with Gasteiger partial charge in [-0.25, -0.2) is 4.98 Å². The standard InChI is InChI=1S/C12H21N3O/c1-12(2,3)9-11(16)14-5-4-7-15-8-6-13-10-15/h6,8,10H,4-5,7,9H2,1-3H3,(H,14,16). The average Bonchev–Trinajstić information content (AvgIpc) is 2.62. The Kier molecular flexibility index (Phi) is 4.52. The van der Waals surface area contributed by atoms with Crippen LogP contribution in [-0.2, 0) is 11.3 Å². The van der Waals surface area contributed by atoms with Crippen LogP contribution in [0.25, 0.3) is 0 Å². The van der Waals surface area contributed by atoms with E-state index in [0.29, 0.717) is 6.42 Å². The minimum Gasteiger partial charge on any atom is -0.356 e. The van der Waals surface area contributed by atoms with Gasteiger partial charge in [-0.1, -0.05) is 20.8 Å². The third-order valence-electron chi connectivity index (χ3n) is 2.17. The van der Waals surface area contributed by atoms with Gasteiger partial charge >= 0.3 is 0 Å². The van der Waals surface area contributed by atoms with E-state index in [1.807, 2.05) is 10.8 Å². The van der Waals surface area contributed by atoms with Crippen LogP contribution in [0.5, 0.6) is 0 Å². The van der Waals surface area contributed by atoms with Crippen LogP contribution in [0.2, 0.25) is 0 Å². The molecule has 4 nitrogen and oxygen atoms in total. The largest absolute Gasteiger partial charge is 0.356 e. The lowest BCUT2D eigenvalue weighted by atomic mass is 9.92. The van der Waals surface area contributed by atoms with E-state index in [-0.39, 0.29) is 11.3 Å². The van der Waals surface area contributed by atoms with Gasteiger partial charge in [0.25, 0.3) is 0 Å². The molecule has 0 fully saturated rings. The molecule has 1 rings (SSSR count). The van der Waals surface area contributed by atoms with E-state index in [1.165, 1.54) is 0 Å². The van der Waals surface area contributed by atoms with Gasteiger partial charge in [-0.2, -0.15) is 0 Å². The highest BCUT2D eigenvalue weighted by molar-refractivity contribution is 5.76. The van der Waals surface area contributed by atoms with Crippen molar-refractivity contribution in [2.24, 2.45) is 5.41 Å². The summed E-state index contributed by atoms with van der Waals surface area (Å²) in [5, 5.41) is 2.93. The number of hydrogen-bond donors (Lipinski definition) is 1. The quantitative estimate of drug-likeness (QED) is 0.774. The highest BCUT2D eigenvalue weighted by Crippen LogP contribution is 2.17. The Bertz CT molecular complexity index is 312. The average molecular weight is 223 g/mol. The second-order valence-electron chi connectivity index (χ2n) is 5.24. The molecule has 1 aromatic heterocycles. The number of imidazole rings is 1. The van der Waals surface area contributed by atoms with Crippen molar-refractivity contribution in [1.29, 1.82) is 0 Å². The highest BCUT2D eigenvalue weighted by atomic mass is 16.1. The Morgan fingerprint density at radius 2 is 2.19 bits per heavy atom. The van der Waals surface area contributed by atoms with Gasteiger partial charge in [0.1, 0.15) is 0 Å². The molecule has 0 unspecified atom stereocenters. The Hall–Kier alpha value is -1.32. The topological polar surface area (TPSA) is 46.9 Å². The number of nitrogens with one attached hydrogen (secondary N) is 1. The Morgan fingerprint density at radius 3 is 2.75 bits per heavy atom. The van der Waals surface area contributed by atoms with Gasteiger partial charge in [0.15, 0.2) is 0 Å². The van der Waals surface area contributed by atoms with E-state index in [2.05, 4.69) is 31.1 Å². The summed E-state index contributed by atoms with van der Waals surface area (Å²) in [5.41, 5.74) is 0.0639. The summed E-state index contributed by atoms with van der Waals surface area (Å²) in [4.78, 5) is 15.4.